The molecule has 5 heteroatoms. The molecular weight excluding hydrogens is 352 g/mol. The highest BCUT2D eigenvalue weighted by molar-refractivity contribution is 4.79. The third-order valence-electron chi connectivity index (χ3n) is 4.46. The van der Waals surface area contributed by atoms with Crippen LogP contribution in [-0.4, -0.2) is 17.7 Å². The summed E-state index contributed by atoms with van der Waals surface area (Å²) in [7, 11) is 0. The lowest BCUT2D eigenvalue weighted by atomic mass is 10.1. The highest BCUT2D eigenvalue weighted by Crippen LogP contribution is 2.06. The number of hydrogen-bond acceptors (Lipinski definition) is 2. The number of aryl methyl sites for hydroxylation is 2. The number of hydrogen-bond donors (Lipinski definition) is 2. The maximum atomic E-state index is 5.52. The molecule has 0 saturated carbocycles. The molecule has 1 aromatic heterocycles. The van der Waals surface area contributed by atoms with Crippen LogP contribution >= 0.6 is 0 Å². The van der Waals surface area contributed by atoms with Gasteiger partial charge in [0.15, 0.2) is 0 Å². The van der Waals surface area contributed by atoms with Gasteiger partial charge in [0.2, 0.25) is 0 Å². The second-order valence-corrected chi connectivity index (χ2v) is 6.35. The average molecular weight is 389 g/mol. The topological polar surface area (TPSA) is 60.8 Å². The van der Waals surface area contributed by atoms with Crippen molar-refractivity contribution in [3.05, 3.63) is 18.2 Å². The van der Waals surface area contributed by atoms with Crippen molar-refractivity contribution in [2.75, 3.05) is 13.1 Å². The lowest BCUT2D eigenvalue weighted by Gasteiger charge is -2.03. The van der Waals surface area contributed by atoms with Gasteiger partial charge in [0.1, 0.15) is 12.4 Å². The van der Waals surface area contributed by atoms with Gasteiger partial charge in [-0.15, -0.1) is 0 Å². The minimum atomic E-state index is 0. The molecule has 4 nitrogen and oxygen atoms in total. The molecule has 0 fully saturated rings. The Bertz CT molecular complexity index is 346. The first-order chi connectivity index (χ1) is 10.8. The molecule has 1 rings (SSSR count). The van der Waals surface area contributed by atoms with E-state index in [1.807, 2.05) is 0 Å². The van der Waals surface area contributed by atoms with Gasteiger partial charge < -0.3 is 28.4 Å². The van der Waals surface area contributed by atoms with E-state index < -0.39 is 0 Å². The van der Waals surface area contributed by atoms with Crippen molar-refractivity contribution in [1.29, 1.82) is 0 Å². The molecule has 1 aromatic rings. The summed E-state index contributed by atoms with van der Waals surface area (Å²) in [5.41, 5.74) is 11.0. The van der Waals surface area contributed by atoms with Gasteiger partial charge in [-0.1, -0.05) is 25.7 Å². The van der Waals surface area contributed by atoms with E-state index in [0.717, 1.165) is 26.2 Å². The molecule has 0 saturated heterocycles. The standard InChI is InChI=1S/C18H37N4.BrH/c1-18-21(14-10-6-2-4-8-12-19)16-17-22(18)15-11-7-3-5-9-13-20;/h16-17H,2-15,19-20H2,1H3;1H/q+1;/p-1. The van der Waals surface area contributed by atoms with Gasteiger partial charge in [-0.2, -0.15) is 0 Å². The fourth-order valence-corrected chi connectivity index (χ4v) is 2.93. The van der Waals surface area contributed by atoms with Crippen molar-refractivity contribution in [2.24, 2.45) is 11.5 Å². The molecular formula is C18H37BrN4. The van der Waals surface area contributed by atoms with Crippen LogP contribution in [0.2, 0.25) is 0 Å². The molecule has 1 heterocycles. The lowest BCUT2D eigenvalue weighted by Crippen LogP contribution is -3.00. The predicted molar refractivity (Wildman–Crippen MR) is 93.6 cm³/mol. The summed E-state index contributed by atoms with van der Waals surface area (Å²) in [4.78, 5) is 0. The fraction of sp³-hybridized carbons (Fsp3) is 0.833. The van der Waals surface area contributed by atoms with E-state index in [1.54, 1.807) is 0 Å². The number of halogens is 1. The Morgan fingerprint density at radius 2 is 1.35 bits per heavy atom. The van der Waals surface area contributed by atoms with Crippen LogP contribution in [0.3, 0.4) is 0 Å². The van der Waals surface area contributed by atoms with Gasteiger partial charge >= 0.3 is 0 Å². The number of nitrogens with two attached hydrogens (primary N) is 2. The van der Waals surface area contributed by atoms with Gasteiger partial charge in [0.25, 0.3) is 5.82 Å². The summed E-state index contributed by atoms with van der Waals surface area (Å²) in [5, 5.41) is 0. The maximum Gasteiger partial charge on any atom is 0.253 e. The molecule has 4 N–H and O–H groups in total. The second-order valence-electron chi connectivity index (χ2n) is 6.35. The van der Waals surface area contributed by atoms with Crippen LogP contribution in [0.1, 0.15) is 70.0 Å². The Balaban J connectivity index is 0.00000484. The van der Waals surface area contributed by atoms with Crippen molar-refractivity contribution in [2.45, 2.75) is 84.2 Å². The van der Waals surface area contributed by atoms with E-state index in [-0.39, 0.29) is 17.0 Å². The summed E-state index contributed by atoms with van der Waals surface area (Å²) in [6.07, 6.45) is 17.2. The summed E-state index contributed by atoms with van der Waals surface area (Å²) in [5.74, 6) is 1.39. The number of imidazole rings is 1. The molecule has 0 aliphatic heterocycles. The molecule has 0 aromatic carbocycles. The third kappa shape index (κ3) is 10.2. The van der Waals surface area contributed by atoms with Gasteiger partial charge in [-0.05, 0) is 51.6 Å². The van der Waals surface area contributed by atoms with Crippen molar-refractivity contribution in [3.63, 3.8) is 0 Å². The monoisotopic (exact) mass is 388 g/mol. The van der Waals surface area contributed by atoms with Gasteiger partial charge in [0, 0.05) is 6.92 Å². The van der Waals surface area contributed by atoms with E-state index in [0.29, 0.717) is 0 Å². The van der Waals surface area contributed by atoms with Crippen LogP contribution in [-0.2, 0) is 13.1 Å². The quantitative estimate of drug-likeness (QED) is 0.345. The zero-order valence-corrected chi connectivity index (χ0v) is 16.6. The summed E-state index contributed by atoms with van der Waals surface area (Å²) in [6, 6.07) is 0. The lowest BCUT2D eigenvalue weighted by molar-refractivity contribution is -0.702. The zero-order chi connectivity index (χ0) is 16.0. The summed E-state index contributed by atoms with van der Waals surface area (Å²) >= 11 is 0. The molecule has 0 aliphatic carbocycles. The van der Waals surface area contributed by atoms with Crippen molar-refractivity contribution in [3.8, 4) is 0 Å². The Hall–Kier alpha value is -0.390. The Morgan fingerprint density at radius 3 is 1.96 bits per heavy atom. The Morgan fingerprint density at radius 1 is 0.826 bits per heavy atom. The third-order valence-corrected chi connectivity index (χ3v) is 4.46. The molecule has 0 radical (unpaired) electrons. The minimum Gasteiger partial charge on any atom is -1.00 e. The van der Waals surface area contributed by atoms with Crippen molar-refractivity contribution >= 4 is 0 Å². The summed E-state index contributed by atoms with van der Waals surface area (Å²) in [6.45, 7) is 6.21. The van der Waals surface area contributed by atoms with Gasteiger partial charge in [0.05, 0.1) is 13.1 Å². The van der Waals surface area contributed by atoms with Crippen molar-refractivity contribution < 1.29 is 21.5 Å². The van der Waals surface area contributed by atoms with E-state index >= 15 is 0 Å². The van der Waals surface area contributed by atoms with E-state index in [2.05, 4.69) is 28.5 Å². The highest BCUT2D eigenvalue weighted by Gasteiger charge is 2.11. The molecule has 136 valence electrons. The van der Waals surface area contributed by atoms with Crippen LogP contribution < -0.4 is 33.0 Å². The maximum absolute atomic E-state index is 5.52. The molecule has 0 unspecified atom stereocenters. The predicted octanol–water partition coefficient (Wildman–Crippen LogP) is -0.0936. The van der Waals surface area contributed by atoms with Crippen LogP contribution in [0.4, 0.5) is 0 Å². The van der Waals surface area contributed by atoms with Crippen LogP contribution in [0.5, 0.6) is 0 Å². The largest absolute Gasteiger partial charge is 1.00 e. The fourth-order valence-electron chi connectivity index (χ4n) is 2.93. The minimum absolute atomic E-state index is 0. The van der Waals surface area contributed by atoms with Crippen LogP contribution in [0, 0.1) is 6.92 Å². The molecule has 0 atom stereocenters. The molecule has 0 bridgehead atoms. The van der Waals surface area contributed by atoms with Crippen molar-refractivity contribution in [1.82, 2.24) is 4.57 Å². The average Bonchev–Trinajstić information content (AvgIpc) is 2.87. The van der Waals surface area contributed by atoms with E-state index in [1.165, 1.54) is 70.0 Å². The SMILES string of the molecule is Cc1n(CCCCCCCN)cc[n+]1CCCCCCCN.[Br-]. The van der Waals surface area contributed by atoms with Crippen LogP contribution in [0.15, 0.2) is 12.4 Å². The normalized spacial score (nSPS) is 10.7. The van der Waals surface area contributed by atoms with Gasteiger partial charge in [-0.3, -0.25) is 0 Å². The highest BCUT2D eigenvalue weighted by atomic mass is 79.9. The molecule has 0 spiro atoms. The summed E-state index contributed by atoms with van der Waals surface area (Å²) < 4.78 is 4.80. The van der Waals surface area contributed by atoms with E-state index in [9.17, 15) is 0 Å². The van der Waals surface area contributed by atoms with Crippen LogP contribution in [0.25, 0.3) is 0 Å². The first-order valence-corrected chi connectivity index (χ1v) is 9.25. The second kappa shape index (κ2) is 15.2. The number of nitrogens with zero attached hydrogens (tertiary/aromatic N) is 2. The number of rotatable bonds is 14. The number of unbranched alkanes of at least 4 members (excludes halogenated alkanes) is 8. The first-order valence-electron chi connectivity index (χ1n) is 9.25. The van der Waals surface area contributed by atoms with Gasteiger partial charge in [-0.25, -0.2) is 9.13 Å². The Labute approximate surface area is 153 Å². The Kier molecular flexibility index (Phi) is 14.9. The number of aromatic nitrogens is 2. The zero-order valence-electron chi connectivity index (χ0n) is 15.0. The van der Waals surface area contributed by atoms with E-state index in [4.69, 9.17) is 11.5 Å². The molecule has 0 amide bonds. The smallest absolute Gasteiger partial charge is 0.253 e. The molecule has 23 heavy (non-hydrogen) atoms. The first kappa shape index (κ1) is 22.6. The molecule has 0 aliphatic rings.